The second kappa shape index (κ2) is 4.85. The summed E-state index contributed by atoms with van der Waals surface area (Å²) < 4.78 is 8.11. The van der Waals surface area contributed by atoms with Crippen LogP contribution in [-0.2, 0) is 18.4 Å². The maximum absolute atomic E-state index is 11.8. The van der Waals surface area contributed by atoms with Crippen LogP contribution < -0.4 is 0 Å². The molecule has 0 aliphatic heterocycles. The van der Waals surface area contributed by atoms with E-state index < -0.39 is 0 Å². The number of hydrogen-bond donors (Lipinski definition) is 0. The largest absolute Gasteiger partial charge is 0.454 e. The Kier molecular flexibility index (Phi) is 3.05. The van der Waals surface area contributed by atoms with Crippen molar-refractivity contribution < 1.29 is 9.53 Å². The lowest BCUT2D eigenvalue weighted by molar-refractivity contribution is 0.0461. The molecule has 0 saturated carbocycles. The van der Waals surface area contributed by atoms with Crippen molar-refractivity contribution in [1.82, 2.24) is 9.55 Å². The van der Waals surface area contributed by atoms with Gasteiger partial charge in [0.05, 0.1) is 10.2 Å². The van der Waals surface area contributed by atoms with E-state index in [0.29, 0.717) is 5.69 Å². The number of rotatable bonds is 3. The van der Waals surface area contributed by atoms with Crippen LogP contribution in [0.2, 0.25) is 0 Å². The van der Waals surface area contributed by atoms with Crippen molar-refractivity contribution in [3.8, 4) is 0 Å². The van der Waals surface area contributed by atoms with Crippen LogP contribution in [0.3, 0.4) is 0 Å². The molecule has 0 atom stereocenters. The lowest BCUT2D eigenvalue weighted by atomic mass is 10.3. The highest BCUT2D eigenvalue weighted by molar-refractivity contribution is 7.18. The van der Waals surface area contributed by atoms with Crippen LogP contribution in [0.5, 0.6) is 0 Å². The van der Waals surface area contributed by atoms with E-state index >= 15 is 0 Å². The average molecular weight is 272 g/mol. The van der Waals surface area contributed by atoms with Gasteiger partial charge in [0.25, 0.3) is 0 Å². The first-order chi connectivity index (χ1) is 9.24. The molecule has 0 unspecified atom stereocenters. The van der Waals surface area contributed by atoms with Crippen molar-refractivity contribution in [2.75, 3.05) is 0 Å². The van der Waals surface area contributed by atoms with Crippen LogP contribution in [-0.4, -0.2) is 15.5 Å². The number of hydrogen-bond acceptors (Lipinski definition) is 4. The van der Waals surface area contributed by atoms with Gasteiger partial charge >= 0.3 is 5.97 Å². The molecule has 0 spiro atoms. The van der Waals surface area contributed by atoms with E-state index in [1.165, 1.54) is 0 Å². The zero-order chi connectivity index (χ0) is 13.2. The Labute approximate surface area is 114 Å². The number of aromatic nitrogens is 2. The van der Waals surface area contributed by atoms with E-state index in [1.807, 2.05) is 43.6 Å². The molecule has 0 radical (unpaired) electrons. The molecule has 2 heterocycles. The lowest BCUT2D eigenvalue weighted by Gasteiger charge is -2.03. The average Bonchev–Trinajstić information content (AvgIpc) is 3.01. The van der Waals surface area contributed by atoms with E-state index in [9.17, 15) is 4.79 Å². The van der Waals surface area contributed by atoms with Gasteiger partial charge < -0.3 is 9.30 Å². The molecule has 5 heteroatoms. The molecular weight excluding hydrogens is 260 g/mol. The van der Waals surface area contributed by atoms with Gasteiger partial charge in [-0.15, -0.1) is 11.3 Å². The molecule has 4 nitrogen and oxygen atoms in total. The number of aryl methyl sites for hydroxylation is 1. The Morgan fingerprint density at radius 1 is 1.32 bits per heavy atom. The minimum absolute atomic E-state index is 0.212. The first-order valence-corrected chi connectivity index (χ1v) is 6.68. The number of para-hydroxylation sites is 1. The zero-order valence-electron chi connectivity index (χ0n) is 10.4. The molecule has 96 valence electrons. The quantitative estimate of drug-likeness (QED) is 0.688. The summed E-state index contributed by atoms with van der Waals surface area (Å²) in [6.45, 7) is 0.212. The number of ether oxygens (including phenoxy) is 1. The summed E-state index contributed by atoms with van der Waals surface area (Å²) >= 11 is 1.55. The van der Waals surface area contributed by atoms with Crippen LogP contribution in [0.4, 0.5) is 0 Å². The minimum atomic E-state index is -0.327. The highest BCUT2D eigenvalue weighted by atomic mass is 32.1. The predicted molar refractivity (Wildman–Crippen MR) is 74.2 cm³/mol. The summed E-state index contributed by atoms with van der Waals surface area (Å²) in [6.07, 6.45) is 1.81. The zero-order valence-corrected chi connectivity index (χ0v) is 11.2. The Hall–Kier alpha value is -2.14. The van der Waals surface area contributed by atoms with Crippen LogP contribution in [0.1, 0.15) is 15.5 Å². The molecule has 0 aliphatic carbocycles. The molecule has 19 heavy (non-hydrogen) atoms. The number of carbonyl (C=O) groups excluding carboxylic acids is 1. The number of benzene rings is 1. The Balaban J connectivity index is 1.72. The molecule has 0 amide bonds. The third kappa shape index (κ3) is 2.37. The van der Waals surface area contributed by atoms with E-state index in [0.717, 1.165) is 15.2 Å². The number of nitrogens with zero attached hydrogens (tertiary/aromatic N) is 2. The Morgan fingerprint density at radius 2 is 2.16 bits per heavy atom. The molecule has 3 aromatic rings. The normalized spacial score (nSPS) is 10.8. The van der Waals surface area contributed by atoms with Gasteiger partial charge in [0.15, 0.2) is 0 Å². The van der Waals surface area contributed by atoms with Crippen LogP contribution in [0, 0.1) is 0 Å². The van der Waals surface area contributed by atoms with Gasteiger partial charge in [-0.05, 0) is 24.3 Å². The summed E-state index contributed by atoms with van der Waals surface area (Å²) in [5.41, 5.74) is 1.48. The minimum Gasteiger partial charge on any atom is -0.454 e. The van der Waals surface area contributed by atoms with Gasteiger partial charge in [0.1, 0.15) is 17.3 Å². The van der Waals surface area contributed by atoms with E-state index in [4.69, 9.17) is 4.74 Å². The van der Waals surface area contributed by atoms with E-state index in [2.05, 4.69) is 4.98 Å². The van der Waals surface area contributed by atoms with Crippen LogP contribution >= 0.6 is 11.3 Å². The number of carbonyl (C=O) groups is 1. The van der Waals surface area contributed by atoms with Crippen molar-refractivity contribution in [2.45, 2.75) is 6.61 Å². The number of fused-ring (bicyclic) bond motifs is 1. The van der Waals surface area contributed by atoms with Gasteiger partial charge in [-0.3, -0.25) is 0 Å². The van der Waals surface area contributed by atoms with Crippen LogP contribution in [0.25, 0.3) is 10.2 Å². The molecule has 0 N–H and O–H groups in total. The summed E-state index contributed by atoms with van der Waals surface area (Å²) in [5, 5.41) is 0.809. The lowest BCUT2D eigenvalue weighted by Crippen LogP contribution is -2.09. The molecular formula is C14H12N2O2S. The summed E-state index contributed by atoms with van der Waals surface area (Å²) in [4.78, 5) is 16.3. The van der Waals surface area contributed by atoms with Crippen molar-refractivity contribution >= 4 is 27.5 Å². The molecule has 0 fully saturated rings. The highest BCUT2D eigenvalue weighted by Crippen LogP contribution is 2.22. The smallest absolute Gasteiger partial charge is 0.355 e. The first kappa shape index (κ1) is 11.9. The molecule has 0 bridgehead atoms. The number of thiazole rings is 1. The van der Waals surface area contributed by atoms with Gasteiger partial charge in [-0.25, -0.2) is 9.78 Å². The summed E-state index contributed by atoms with van der Waals surface area (Å²) in [7, 11) is 1.81. The maximum atomic E-state index is 11.8. The van der Waals surface area contributed by atoms with E-state index in [1.54, 1.807) is 22.0 Å². The topological polar surface area (TPSA) is 44.1 Å². The van der Waals surface area contributed by atoms with Crippen molar-refractivity contribution in [2.24, 2.45) is 7.05 Å². The Morgan fingerprint density at radius 3 is 2.89 bits per heavy atom. The Bertz CT molecular complexity index is 697. The fourth-order valence-electron chi connectivity index (χ4n) is 1.86. The summed E-state index contributed by atoms with van der Waals surface area (Å²) in [6, 6.07) is 11.4. The van der Waals surface area contributed by atoms with Crippen molar-refractivity contribution in [3.05, 3.63) is 53.3 Å². The van der Waals surface area contributed by atoms with Gasteiger partial charge in [0, 0.05) is 13.2 Å². The summed E-state index contributed by atoms with van der Waals surface area (Å²) in [5.74, 6) is -0.327. The van der Waals surface area contributed by atoms with Crippen molar-refractivity contribution in [3.63, 3.8) is 0 Å². The molecule has 0 aliphatic rings. The predicted octanol–water partition coefficient (Wildman–Crippen LogP) is 2.99. The second-order valence-electron chi connectivity index (χ2n) is 4.16. The van der Waals surface area contributed by atoms with E-state index in [-0.39, 0.29) is 12.6 Å². The second-order valence-corrected chi connectivity index (χ2v) is 5.27. The molecule has 1 aromatic carbocycles. The first-order valence-electron chi connectivity index (χ1n) is 5.87. The van der Waals surface area contributed by atoms with Gasteiger partial charge in [-0.1, -0.05) is 12.1 Å². The molecule has 3 rings (SSSR count). The van der Waals surface area contributed by atoms with Gasteiger partial charge in [0.2, 0.25) is 0 Å². The molecule has 0 saturated heterocycles. The van der Waals surface area contributed by atoms with Gasteiger partial charge in [-0.2, -0.15) is 0 Å². The number of esters is 1. The highest BCUT2D eigenvalue weighted by Gasteiger charge is 2.11. The fourth-order valence-corrected chi connectivity index (χ4v) is 2.74. The SMILES string of the molecule is Cn1cccc1C(=O)OCc1nc2ccccc2s1. The third-order valence-electron chi connectivity index (χ3n) is 2.82. The molecule has 2 aromatic heterocycles. The monoisotopic (exact) mass is 272 g/mol. The van der Waals surface area contributed by atoms with Crippen LogP contribution in [0.15, 0.2) is 42.6 Å². The third-order valence-corrected chi connectivity index (χ3v) is 3.83. The maximum Gasteiger partial charge on any atom is 0.355 e. The van der Waals surface area contributed by atoms with Crippen molar-refractivity contribution in [1.29, 1.82) is 0 Å². The fraction of sp³-hybridized carbons (Fsp3) is 0.143. The standard InChI is InChI=1S/C14H12N2O2S/c1-16-8-4-6-11(16)14(17)18-9-13-15-10-5-2-3-7-12(10)19-13/h2-8H,9H2,1H3.